The molecule has 0 saturated carbocycles. The van der Waals surface area contributed by atoms with Gasteiger partial charge in [0.25, 0.3) is 0 Å². The zero-order valence-electron chi connectivity index (χ0n) is 13.8. The minimum Gasteiger partial charge on any atom is -0.383 e. The molecule has 2 aromatic rings. The Labute approximate surface area is 142 Å². The second kappa shape index (κ2) is 6.29. The molecule has 0 aliphatic carbocycles. The number of hydrogen-bond acceptors (Lipinski definition) is 4. The third kappa shape index (κ3) is 2.89. The van der Waals surface area contributed by atoms with Crippen LogP contribution < -0.4 is 5.32 Å². The maximum Gasteiger partial charge on any atom is 0.194 e. The van der Waals surface area contributed by atoms with Crippen molar-refractivity contribution in [1.82, 2.24) is 10.2 Å². The second-order valence-electron chi connectivity index (χ2n) is 6.63. The molecule has 124 valence electrons. The van der Waals surface area contributed by atoms with Gasteiger partial charge in [-0.1, -0.05) is 54.6 Å². The molecule has 1 saturated heterocycles. The second-order valence-corrected chi connectivity index (χ2v) is 6.63. The fourth-order valence-corrected chi connectivity index (χ4v) is 3.65. The number of piperidine rings is 1. The lowest BCUT2D eigenvalue weighted by molar-refractivity contribution is -0.0166. The molecule has 2 aliphatic rings. The number of β-amino-alcohol motifs (C(OH)–C–C–N with tert-alkyl or cyclic N) is 1. The smallest absolute Gasteiger partial charge is 0.194 e. The molecule has 0 bridgehead atoms. The molecule has 2 aliphatic heterocycles. The third-order valence-corrected chi connectivity index (χ3v) is 4.96. The summed E-state index contributed by atoms with van der Waals surface area (Å²) in [6, 6.07) is 18.7. The van der Waals surface area contributed by atoms with Crippen molar-refractivity contribution < 1.29 is 5.11 Å². The van der Waals surface area contributed by atoms with Gasteiger partial charge in [0.2, 0.25) is 0 Å². The van der Waals surface area contributed by atoms with Gasteiger partial charge in [0.15, 0.2) is 5.96 Å². The van der Waals surface area contributed by atoms with Crippen LogP contribution in [-0.2, 0) is 5.60 Å². The van der Waals surface area contributed by atoms with Gasteiger partial charge in [-0.3, -0.25) is 4.99 Å². The first-order chi connectivity index (χ1) is 11.7. The molecule has 1 atom stereocenters. The van der Waals surface area contributed by atoms with Gasteiger partial charge in [0, 0.05) is 13.1 Å². The molecule has 4 rings (SSSR count). The summed E-state index contributed by atoms with van der Waals surface area (Å²) in [6.07, 6.45) is 1.76. The number of nitrogens with one attached hydrogen (secondary N) is 1. The fraction of sp³-hybridized carbons (Fsp3) is 0.350. The lowest BCUT2D eigenvalue weighted by atomic mass is 9.85. The predicted octanol–water partition coefficient (Wildman–Crippen LogP) is 2.60. The van der Waals surface area contributed by atoms with Crippen LogP contribution in [0.4, 0.5) is 0 Å². The number of hydrogen-bond donors (Lipinski definition) is 2. The Morgan fingerprint density at radius 1 is 1.00 bits per heavy atom. The molecule has 0 amide bonds. The number of aliphatic imine (C=N–C) groups is 1. The van der Waals surface area contributed by atoms with Crippen LogP contribution in [0.1, 0.15) is 18.4 Å². The average molecular weight is 321 g/mol. The molecule has 0 aromatic heterocycles. The van der Waals surface area contributed by atoms with Gasteiger partial charge in [-0.2, -0.15) is 0 Å². The summed E-state index contributed by atoms with van der Waals surface area (Å²) in [5.41, 5.74) is 2.56. The molecule has 0 radical (unpaired) electrons. The fourth-order valence-electron chi connectivity index (χ4n) is 3.65. The van der Waals surface area contributed by atoms with Crippen LogP contribution in [0.2, 0.25) is 0 Å². The molecule has 0 unspecified atom stereocenters. The van der Waals surface area contributed by atoms with E-state index in [1.807, 2.05) is 18.2 Å². The van der Waals surface area contributed by atoms with Crippen molar-refractivity contribution in [2.24, 2.45) is 4.99 Å². The minimum atomic E-state index is -0.805. The van der Waals surface area contributed by atoms with E-state index in [1.54, 1.807) is 0 Å². The van der Waals surface area contributed by atoms with E-state index in [2.05, 4.69) is 51.6 Å². The number of rotatable bonds is 2. The summed E-state index contributed by atoms with van der Waals surface area (Å²) in [6.45, 7) is 3.28. The average Bonchev–Trinajstić information content (AvgIpc) is 3.17. The van der Waals surface area contributed by atoms with Crippen LogP contribution in [0.3, 0.4) is 0 Å². The van der Waals surface area contributed by atoms with Gasteiger partial charge in [0.05, 0.1) is 13.1 Å². The zero-order valence-corrected chi connectivity index (χ0v) is 13.8. The first-order valence-corrected chi connectivity index (χ1v) is 8.66. The molecule has 0 spiro atoms. The van der Waals surface area contributed by atoms with Gasteiger partial charge in [-0.05, 0) is 29.5 Å². The highest BCUT2D eigenvalue weighted by atomic mass is 16.3. The summed E-state index contributed by atoms with van der Waals surface area (Å²) >= 11 is 0. The Balaban J connectivity index is 1.55. The van der Waals surface area contributed by atoms with E-state index in [9.17, 15) is 5.11 Å². The van der Waals surface area contributed by atoms with Crippen molar-refractivity contribution in [2.45, 2.75) is 18.4 Å². The first kappa shape index (κ1) is 15.2. The van der Waals surface area contributed by atoms with Crippen molar-refractivity contribution in [3.63, 3.8) is 0 Å². The van der Waals surface area contributed by atoms with E-state index in [4.69, 9.17) is 0 Å². The van der Waals surface area contributed by atoms with E-state index >= 15 is 0 Å². The van der Waals surface area contributed by atoms with E-state index in [0.29, 0.717) is 6.54 Å². The Hall–Kier alpha value is -2.33. The number of likely N-dealkylation sites (tertiary alicyclic amines) is 1. The Morgan fingerprint density at radius 2 is 1.75 bits per heavy atom. The van der Waals surface area contributed by atoms with Crippen molar-refractivity contribution in [2.75, 3.05) is 26.2 Å². The molecular weight excluding hydrogens is 298 g/mol. The summed E-state index contributed by atoms with van der Waals surface area (Å²) < 4.78 is 0. The predicted molar refractivity (Wildman–Crippen MR) is 96.9 cm³/mol. The topological polar surface area (TPSA) is 47.9 Å². The van der Waals surface area contributed by atoms with Crippen LogP contribution in [0.25, 0.3) is 11.1 Å². The lowest BCUT2D eigenvalue weighted by Gasteiger charge is -2.40. The van der Waals surface area contributed by atoms with Gasteiger partial charge in [-0.15, -0.1) is 0 Å². The van der Waals surface area contributed by atoms with Crippen molar-refractivity contribution >= 4 is 5.96 Å². The number of aliphatic hydroxyl groups is 1. The largest absolute Gasteiger partial charge is 0.383 e. The molecule has 2 heterocycles. The highest BCUT2D eigenvalue weighted by Crippen LogP contribution is 2.33. The van der Waals surface area contributed by atoms with Gasteiger partial charge < -0.3 is 15.3 Å². The number of benzene rings is 2. The minimum absolute atomic E-state index is 0.601. The molecule has 1 fully saturated rings. The Morgan fingerprint density at radius 3 is 2.46 bits per heavy atom. The molecule has 24 heavy (non-hydrogen) atoms. The van der Waals surface area contributed by atoms with Gasteiger partial charge in [0.1, 0.15) is 5.60 Å². The van der Waals surface area contributed by atoms with Crippen LogP contribution >= 0.6 is 0 Å². The highest BCUT2D eigenvalue weighted by Gasteiger charge is 2.36. The van der Waals surface area contributed by atoms with Crippen LogP contribution in [0, 0.1) is 0 Å². The van der Waals surface area contributed by atoms with Gasteiger partial charge in [-0.25, -0.2) is 0 Å². The third-order valence-electron chi connectivity index (χ3n) is 4.96. The SMILES string of the molecule is O[C@]1(c2ccc(-c3ccccc3)cc2)CCCN(C2=NCCN2)C1. The van der Waals surface area contributed by atoms with Crippen LogP contribution in [0.5, 0.6) is 0 Å². The van der Waals surface area contributed by atoms with E-state index < -0.39 is 5.60 Å². The van der Waals surface area contributed by atoms with Crippen molar-refractivity contribution in [1.29, 1.82) is 0 Å². The molecule has 4 heteroatoms. The Bertz CT molecular complexity index is 726. The van der Waals surface area contributed by atoms with Crippen LogP contribution in [-0.4, -0.2) is 42.1 Å². The molecule has 2 N–H and O–H groups in total. The summed E-state index contributed by atoms with van der Waals surface area (Å²) in [5, 5.41) is 14.5. The van der Waals surface area contributed by atoms with E-state index in [1.165, 1.54) is 11.1 Å². The molecule has 2 aromatic carbocycles. The summed E-state index contributed by atoms with van der Waals surface area (Å²) in [4.78, 5) is 6.67. The van der Waals surface area contributed by atoms with Crippen LogP contribution in [0.15, 0.2) is 59.6 Å². The summed E-state index contributed by atoms with van der Waals surface area (Å²) in [5.74, 6) is 0.939. The van der Waals surface area contributed by atoms with E-state index in [-0.39, 0.29) is 0 Å². The normalized spacial score (nSPS) is 23.7. The number of guanidine groups is 1. The lowest BCUT2D eigenvalue weighted by Crippen LogP contribution is -2.51. The molecular formula is C20H23N3O. The zero-order chi connectivity index (χ0) is 16.4. The van der Waals surface area contributed by atoms with Crippen molar-refractivity contribution in [3.8, 4) is 11.1 Å². The Kier molecular flexibility index (Phi) is 3.98. The molecule has 4 nitrogen and oxygen atoms in total. The maximum atomic E-state index is 11.2. The maximum absolute atomic E-state index is 11.2. The van der Waals surface area contributed by atoms with E-state index in [0.717, 1.165) is 44.0 Å². The van der Waals surface area contributed by atoms with Crippen molar-refractivity contribution in [3.05, 3.63) is 60.2 Å². The van der Waals surface area contributed by atoms with Gasteiger partial charge >= 0.3 is 0 Å². The quantitative estimate of drug-likeness (QED) is 0.894. The standard InChI is InChI=1S/C20H23N3O/c24-20(11-4-14-23(15-20)19-21-12-13-22-19)18-9-7-17(8-10-18)16-5-2-1-3-6-16/h1-3,5-10,24H,4,11-15H2,(H,21,22)/t20-/m1/s1. The number of nitrogens with zero attached hydrogens (tertiary/aromatic N) is 2. The monoisotopic (exact) mass is 321 g/mol. The summed E-state index contributed by atoms with van der Waals surface area (Å²) in [7, 11) is 0. The first-order valence-electron chi connectivity index (χ1n) is 8.66. The highest BCUT2D eigenvalue weighted by molar-refractivity contribution is 5.81.